The van der Waals surface area contributed by atoms with Gasteiger partial charge in [-0.2, -0.15) is 0 Å². The number of rotatable bonds is 6. The maximum atomic E-state index is 12.5. The Morgan fingerprint density at radius 1 is 1.40 bits per heavy atom. The van der Waals surface area contributed by atoms with E-state index in [1.165, 1.54) is 23.6 Å². The second-order valence-corrected chi connectivity index (χ2v) is 7.45. The Balaban J connectivity index is 1.73. The summed E-state index contributed by atoms with van der Waals surface area (Å²) in [5.74, 6) is -0.894. The van der Waals surface area contributed by atoms with Crippen molar-refractivity contribution in [2.24, 2.45) is 5.92 Å². The van der Waals surface area contributed by atoms with Crippen LogP contribution in [0.25, 0.3) is 0 Å². The van der Waals surface area contributed by atoms with Crippen LogP contribution in [-0.4, -0.2) is 24.1 Å². The molecule has 132 valence electrons. The number of benzene rings is 1. The van der Waals surface area contributed by atoms with Crippen LogP contribution in [0.5, 0.6) is 5.75 Å². The smallest absolute Gasteiger partial charge is 0.330 e. The van der Waals surface area contributed by atoms with E-state index in [9.17, 15) is 14.7 Å². The molecule has 3 rings (SSSR count). The average Bonchev–Trinajstić information content (AvgIpc) is 3.26. The number of thiophene rings is 1. The summed E-state index contributed by atoms with van der Waals surface area (Å²) in [4.78, 5) is 25.3. The van der Waals surface area contributed by atoms with Crippen LogP contribution in [0, 0.1) is 12.8 Å². The summed E-state index contributed by atoms with van der Waals surface area (Å²) in [5.41, 5.74) is 1.60. The predicted octanol–water partition coefficient (Wildman–Crippen LogP) is 3.76. The molecule has 5 nitrogen and oxygen atoms in total. The first-order valence-electron chi connectivity index (χ1n) is 7.83. The zero-order valence-corrected chi connectivity index (χ0v) is 15.4. The molecule has 1 aromatic carbocycles. The van der Waals surface area contributed by atoms with Gasteiger partial charge in [0.2, 0.25) is 5.91 Å². The molecule has 0 saturated heterocycles. The summed E-state index contributed by atoms with van der Waals surface area (Å²) in [5, 5.41) is 14.5. The van der Waals surface area contributed by atoms with Crippen LogP contribution in [-0.2, 0) is 9.59 Å². The Labute approximate surface area is 154 Å². The largest absolute Gasteiger partial charge is 0.495 e. The zero-order valence-electron chi connectivity index (χ0n) is 13.8. The first kappa shape index (κ1) is 17.8. The number of carbonyl (C=O) groups excluding carboxylic acids is 1. The Morgan fingerprint density at radius 2 is 2.16 bits per heavy atom. The predicted molar refractivity (Wildman–Crippen MR) is 96.4 cm³/mol. The van der Waals surface area contributed by atoms with Gasteiger partial charge in [0.05, 0.1) is 12.1 Å². The summed E-state index contributed by atoms with van der Waals surface area (Å²) < 4.78 is 5.07. The second kappa shape index (κ2) is 7.06. The fourth-order valence-corrected chi connectivity index (χ4v) is 4.31. The van der Waals surface area contributed by atoms with Gasteiger partial charge in [-0.05, 0) is 48.1 Å². The van der Waals surface area contributed by atoms with Crippen molar-refractivity contribution in [2.75, 3.05) is 7.11 Å². The number of aryl methyl sites for hydroxylation is 1. The number of methoxy groups -OCH3 is 1. The molecule has 3 unspecified atom stereocenters. The second-order valence-electron chi connectivity index (χ2n) is 6.09. The first-order valence-corrected chi connectivity index (χ1v) is 9.08. The number of amides is 1. The Morgan fingerprint density at radius 3 is 2.72 bits per heavy atom. The van der Waals surface area contributed by atoms with E-state index in [0.717, 1.165) is 6.42 Å². The number of carboxylic acid groups (broad SMARTS) is 1. The van der Waals surface area contributed by atoms with Crippen LogP contribution in [0.1, 0.15) is 34.4 Å². The van der Waals surface area contributed by atoms with Gasteiger partial charge in [-0.15, -0.1) is 11.3 Å². The molecule has 25 heavy (non-hydrogen) atoms. The van der Waals surface area contributed by atoms with Gasteiger partial charge < -0.3 is 15.2 Å². The molecule has 1 aromatic heterocycles. The number of nitrogens with one attached hydrogen (secondary N) is 1. The molecule has 0 spiro atoms. The van der Waals surface area contributed by atoms with Crippen LogP contribution in [0.4, 0.5) is 0 Å². The number of halogens is 1. The highest BCUT2D eigenvalue weighted by Crippen LogP contribution is 2.50. The van der Waals surface area contributed by atoms with Crippen molar-refractivity contribution < 1.29 is 19.4 Å². The molecule has 1 saturated carbocycles. The maximum absolute atomic E-state index is 12.5. The molecule has 0 bridgehead atoms. The lowest BCUT2D eigenvalue weighted by Crippen LogP contribution is -2.35. The maximum Gasteiger partial charge on any atom is 0.330 e. The van der Waals surface area contributed by atoms with E-state index < -0.39 is 12.0 Å². The minimum absolute atomic E-state index is 0.173. The van der Waals surface area contributed by atoms with Crippen molar-refractivity contribution in [3.05, 3.63) is 50.7 Å². The highest BCUT2D eigenvalue weighted by atomic mass is 35.5. The summed E-state index contributed by atoms with van der Waals surface area (Å²) in [6.07, 6.45) is 0.753. The summed E-state index contributed by atoms with van der Waals surface area (Å²) in [6.45, 7) is 2.03. The van der Waals surface area contributed by atoms with Crippen LogP contribution in [0.15, 0.2) is 29.6 Å². The van der Waals surface area contributed by atoms with Crippen molar-refractivity contribution in [1.29, 1.82) is 0 Å². The molecule has 3 atom stereocenters. The SMILES string of the molecule is COc1ccc(C(NC(=O)C2CC2c2sccc2C)C(=O)O)cc1Cl. The zero-order chi connectivity index (χ0) is 18.1. The number of hydrogen-bond donors (Lipinski definition) is 2. The molecule has 1 aliphatic rings. The van der Waals surface area contributed by atoms with E-state index in [2.05, 4.69) is 5.32 Å². The first-order chi connectivity index (χ1) is 11.9. The lowest BCUT2D eigenvalue weighted by Gasteiger charge is -2.16. The van der Waals surface area contributed by atoms with Crippen LogP contribution in [0.3, 0.4) is 0 Å². The Kier molecular flexibility index (Phi) is 5.01. The van der Waals surface area contributed by atoms with Crippen molar-refractivity contribution in [3.63, 3.8) is 0 Å². The van der Waals surface area contributed by atoms with Gasteiger partial charge in [0.25, 0.3) is 0 Å². The molecule has 1 amide bonds. The molecular formula is C18H18ClNO4S. The van der Waals surface area contributed by atoms with E-state index in [4.69, 9.17) is 16.3 Å². The van der Waals surface area contributed by atoms with Gasteiger partial charge in [0.1, 0.15) is 5.75 Å². The molecule has 1 fully saturated rings. The quantitative estimate of drug-likeness (QED) is 0.801. The summed E-state index contributed by atoms with van der Waals surface area (Å²) in [7, 11) is 1.48. The van der Waals surface area contributed by atoms with Crippen molar-refractivity contribution >= 4 is 34.8 Å². The molecule has 2 aromatic rings. The van der Waals surface area contributed by atoms with Crippen molar-refractivity contribution in [2.45, 2.75) is 25.3 Å². The highest BCUT2D eigenvalue weighted by Gasteiger charge is 2.46. The topological polar surface area (TPSA) is 75.6 Å². The molecular weight excluding hydrogens is 362 g/mol. The van der Waals surface area contributed by atoms with Crippen molar-refractivity contribution in [1.82, 2.24) is 5.32 Å². The van der Waals surface area contributed by atoms with Gasteiger partial charge in [-0.3, -0.25) is 4.79 Å². The standard InChI is InChI=1S/C18H18ClNO4S/c1-9-5-6-25-16(9)11-8-12(11)17(21)20-15(18(22)23)10-3-4-14(24-2)13(19)7-10/h3-7,11-12,15H,8H2,1-2H3,(H,20,21)(H,22,23). The summed E-state index contributed by atoms with van der Waals surface area (Å²) in [6, 6.07) is 5.59. The van der Waals surface area contributed by atoms with Gasteiger partial charge in [0, 0.05) is 16.7 Å². The van der Waals surface area contributed by atoms with E-state index >= 15 is 0 Å². The van der Waals surface area contributed by atoms with Gasteiger partial charge in [-0.1, -0.05) is 17.7 Å². The molecule has 1 aliphatic carbocycles. The van der Waals surface area contributed by atoms with E-state index in [-0.39, 0.29) is 17.7 Å². The number of aliphatic carboxylic acids is 1. The lowest BCUT2D eigenvalue weighted by atomic mass is 10.1. The van der Waals surface area contributed by atoms with Crippen LogP contribution < -0.4 is 10.1 Å². The monoisotopic (exact) mass is 379 g/mol. The van der Waals surface area contributed by atoms with Gasteiger partial charge in [0.15, 0.2) is 6.04 Å². The summed E-state index contributed by atoms with van der Waals surface area (Å²) >= 11 is 7.71. The number of carboxylic acids is 1. The number of hydrogen-bond acceptors (Lipinski definition) is 4. The minimum atomic E-state index is -1.14. The van der Waals surface area contributed by atoms with Crippen LogP contribution in [0.2, 0.25) is 5.02 Å². The average molecular weight is 380 g/mol. The lowest BCUT2D eigenvalue weighted by molar-refractivity contribution is -0.142. The Hall–Kier alpha value is -2.05. The van der Waals surface area contributed by atoms with E-state index in [1.54, 1.807) is 23.5 Å². The third kappa shape index (κ3) is 3.65. The highest BCUT2D eigenvalue weighted by molar-refractivity contribution is 7.10. The third-order valence-electron chi connectivity index (χ3n) is 4.41. The van der Waals surface area contributed by atoms with E-state index in [1.807, 2.05) is 18.4 Å². The van der Waals surface area contributed by atoms with Gasteiger partial charge >= 0.3 is 5.97 Å². The van der Waals surface area contributed by atoms with E-state index in [0.29, 0.717) is 16.3 Å². The molecule has 7 heteroatoms. The van der Waals surface area contributed by atoms with Gasteiger partial charge in [-0.25, -0.2) is 4.79 Å². The fourth-order valence-electron chi connectivity index (χ4n) is 2.94. The number of ether oxygens (including phenoxy) is 1. The fraction of sp³-hybridized carbons (Fsp3) is 0.333. The minimum Gasteiger partial charge on any atom is -0.495 e. The van der Waals surface area contributed by atoms with Crippen molar-refractivity contribution in [3.8, 4) is 5.75 Å². The molecule has 2 N–H and O–H groups in total. The molecule has 0 radical (unpaired) electrons. The Bertz CT molecular complexity index is 819. The third-order valence-corrected chi connectivity index (χ3v) is 5.85. The normalized spacial score (nSPS) is 20.0. The number of carbonyl (C=O) groups is 2. The molecule has 0 aliphatic heterocycles. The van der Waals surface area contributed by atoms with Crippen LogP contribution >= 0.6 is 22.9 Å². The molecule has 1 heterocycles.